The molecule has 2 N–H and O–H groups in total. The van der Waals surface area contributed by atoms with Crippen LogP contribution in [-0.4, -0.2) is 6.04 Å². The van der Waals surface area contributed by atoms with Gasteiger partial charge in [0.1, 0.15) is 0 Å². The summed E-state index contributed by atoms with van der Waals surface area (Å²) in [5.74, 6) is 0. The molecule has 1 rings (SSSR count). The second-order valence-corrected chi connectivity index (χ2v) is 3.75. The molecule has 0 aliphatic rings. The van der Waals surface area contributed by atoms with Gasteiger partial charge in [0.15, 0.2) is 0 Å². The average Bonchev–Trinajstić information content (AvgIpc) is 2.09. The van der Waals surface area contributed by atoms with E-state index in [1.54, 1.807) is 0 Å². The summed E-state index contributed by atoms with van der Waals surface area (Å²) in [7, 11) is 0. The zero-order valence-corrected chi connectivity index (χ0v) is 8.72. The summed E-state index contributed by atoms with van der Waals surface area (Å²) in [5, 5.41) is 0.828. The fourth-order valence-corrected chi connectivity index (χ4v) is 1.63. The van der Waals surface area contributed by atoms with E-state index in [0.29, 0.717) is 0 Å². The highest BCUT2D eigenvalue weighted by Crippen LogP contribution is 2.17. The first-order chi connectivity index (χ1) is 6.24. The van der Waals surface area contributed by atoms with Gasteiger partial charge in [0, 0.05) is 11.1 Å². The molecule has 0 aliphatic heterocycles. The topological polar surface area (TPSA) is 26.0 Å². The first-order valence-electron chi connectivity index (χ1n) is 4.73. The molecule has 0 aliphatic carbocycles. The van der Waals surface area contributed by atoms with Gasteiger partial charge in [0.05, 0.1) is 0 Å². The molecule has 0 bridgehead atoms. The monoisotopic (exact) mass is 197 g/mol. The van der Waals surface area contributed by atoms with E-state index in [4.69, 9.17) is 17.3 Å². The lowest BCUT2D eigenvalue weighted by atomic mass is 10.0. The summed E-state index contributed by atoms with van der Waals surface area (Å²) >= 11 is 6.01. The van der Waals surface area contributed by atoms with E-state index in [1.165, 1.54) is 0 Å². The Labute approximate surface area is 84.9 Å². The number of hydrogen-bond donors (Lipinski definition) is 1. The molecular weight excluding hydrogens is 182 g/mol. The van der Waals surface area contributed by atoms with Gasteiger partial charge in [-0.25, -0.2) is 0 Å². The molecule has 13 heavy (non-hydrogen) atoms. The Kier molecular flexibility index (Phi) is 4.26. The highest BCUT2D eigenvalue weighted by atomic mass is 35.5. The molecular formula is C11H16ClN. The summed E-state index contributed by atoms with van der Waals surface area (Å²) in [4.78, 5) is 0. The molecule has 1 aromatic rings. The van der Waals surface area contributed by atoms with Gasteiger partial charge in [-0.1, -0.05) is 43.1 Å². The standard InChI is InChI=1S/C11H16ClN/c1-2-5-10(13)8-9-6-3-4-7-11(9)12/h3-4,6-7,10H,2,5,8,13H2,1H3/t10-/m1/s1. The Balaban J connectivity index is 2.58. The maximum absolute atomic E-state index is 6.01. The maximum atomic E-state index is 6.01. The van der Waals surface area contributed by atoms with Gasteiger partial charge in [-0.2, -0.15) is 0 Å². The first kappa shape index (κ1) is 10.6. The molecule has 0 aromatic heterocycles. The molecule has 72 valence electrons. The third-order valence-corrected chi connectivity index (χ3v) is 2.47. The molecule has 0 radical (unpaired) electrons. The smallest absolute Gasteiger partial charge is 0.0438 e. The van der Waals surface area contributed by atoms with Gasteiger partial charge in [0.2, 0.25) is 0 Å². The normalized spacial score (nSPS) is 12.8. The minimum absolute atomic E-state index is 0.241. The Morgan fingerprint density at radius 2 is 2.08 bits per heavy atom. The fraction of sp³-hybridized carbons (Fsp3) is 0.455. The van der Waals surface area contributed by atoms with Crippen LogP contribution in [0.2, 0.25) is 5.02 Å². The van der Waals surface area contributed by atoms with Gasteiger partial charge in [-0.15, -0.1) is 0 Å². The van der Waals surface area contributed by atoms with Crippen LogP contribution in [0.15, 0.2) is 24.3 Å². The van der Waals surface area contributed by atoms with Crippen LogP contribution >= 0.6 is 11.6 Å². The van der Waals surface area contributed by atoms with Crippen molar-refractivity contribution in [3.05, 3.63) is 34.9 Å². The van der Waals surface area contributed by atoms with E-state index >= 15 is 0 Å². The third-order valence-electron chi connectivity index (χ3n) is 2.10. The van der Waals surface area contributed by atoms with Crippen molar-refractivity contribution < 1.29 is 0 Å². The third kappa shape index (κ3) is 3.37. The largest absolute Gasteiger partial charge is 0.327 e. The number of benzene rings is 1. The van der Waals surface area contributed by atoms with Gasteiger partial charge in [0.25, 0.3) is 0 Å². The molecule has 0 heterocycles. The quantitative estimate of drug-likeness (QED) is 0.789. The SMILES string of the molecule is CCC[C@@H](N)Cc1ccccc1Cl. The summed E-state index contributed by atoms with van der Waals surface area (Å²) < 4.78 is 0. The van der Waals surface area contributed by atoms with E-state index in [2.05, 4.69) is 6.92 Å². The lowest BCUT2D eigenvalue weighted by Gasteiger charge is -2.10. The number of rotatable bonds is 4. The van der Waals surface area contributed by atoms with Gasteiger partial charge in [-0.3, -0.25) is 0 Å². The highest BCUT2D eigenvalue weighted by Gasteiger charge is 2.05. The lowest BCUT2D eigenvalue weighted by Crippen LogP contribution is -2.22. The second-order valence-electron chi connectivity index (χ2n) is 3.34. The van der Waals surface area contributed by atoms with E-state index in [9.17, 15) is 0 Å². The Bertz CT molecular complexity index is 260. The molecule has 0 saturated carbocycles. The Hall–Kier alpha value is -0.530. The molecule has 0 saturated heterocycles. The van der Waals surface area contributed by atoms with Crippen LogP contribution in [-0.2, 0) is 6.42 Å². The number of nitrogens with two attached hydrogens (primary N) is 1. The predicted octanol–water partition coefficient (Wildman–Crippen LogP) is 3.01. The predicted molar refractivity (Wildman–Crippen MR) is 58.0 cm³/mol. The lowest BCUT2D eigenvalue weighted by molar-refractivity contribution is 0.600. The average molecular weight is 198 g/mol. The van der Waals surface area contributed by atoms with Crippen molar-refractivity contribution >= 4 is 11.6 Å². The summed E-state index contributed by atoms with van der Waals surface area (Å²) in [5.41, 5.74) is 7.08. The van der Waals surface area contributed by atoms with Crippen LogP contribution < -0.4 is 5.73 Å². The van der Waals surface area contributed by atoms with Crippen molar-refractivity contribution in [3.63, 3.8) is 0 Å². The summed E-state index contributed by atoms with van der Waals surface area (Å²) in [6, 6.07) is 8.13. The van der Waals surface area contributed by atoms with Crippen LogP contribution in [0.1, 0.15) is 25.3 Å². The molecule has 1 nitrogen and oxygen atoms in total. The van der Waals surface area contributed by atoms with Crippen LogP contribution in [0, 0.1) is 0 Å². The van der Waals surface area contributed by atoms with Crippen LogP contribution in [0.25, 0.3) is 0 Å². The number of hydrogen-bond acceptors (Lipinski definition) is 1. The van der Waals surface area contributed by atoms with Crippen LogP contribution in [0.4, 0.5) is 0 Å². The molecule has 1 atom stereocenters. The summed E-state index contributed by atoms with van der Waals surface area (Å²) in [6.45, 7) is 2.15. The van der Waals surface area contributed by atoms with E-state index in [1.807, 2.05) is 24.3 Å². The zero-order valence-electron chi connectivity index (χ0n) is 7.96. The van der Waals surface area contributed by atoms with Gasteiger partial charge in [-0.05, 0) is 24.5 Å². The molecule has 0 spiro atoms. The van der Waals surface area contributed by atoms with Crippen molar-refractivity contribution in [2.45, 2.75) is 32.2 Å². The fourth-order valence-electron chi connectivity index (χ4n) is 1.42. The maximum Gasteiger partial charge on any atom is 0.0438 e. The van der Waals surface area contributed by atoms with Crippen molar-refractivity contribution in [3.8, 4) is 0 Å². The molecule has 0 fully saturated rings. The molecule has 1 aromatic carbocycles. The van der Waals surface area contributed by atoms with E-state index in [-0.39, 0.29) is 6.04 Å². The van der Waals surface area contributed by atoms with E-state index in [0.717, 1.165) is 29.8 Å². The molecule has 2 heteroatoms. The van der Waals surface area contributed by atoms with Gasteiger partial charge >= 0.3 is 0 Å². The van der Waals surface area contributed by atoms with Crippen LogP contribution in [0.3, 0.4) is 0 Å². The van der Waals surface area contributed by atoms with Crippen molar-refractivity contribution in [1.29, 1.82) is 0 Å². The minimum Gasteiger partial charge on any atom is -0.327 e. The Morgan fingerprint density at radius 3 is 2.69 bits per heavy atom. The van der Waals surface area contributed by atoms with E-state index < -0.39 is 0 Å². The highest BCUT2D eigenvalue weighted by molar-refractivity contribution is 6.31. The molecule has 0 amide bonds. The van der Waals surface area contributed by atoms with Crippen molar-refractivity contribution in [1.82, 2.24) is 0 Å². The van der Waals surface area contributed by atoms with Crippen molar-refractivity contribution in [2.24, 2.45) is 5.73 Å². The van der Waals surface area contributed by atoms with Gasteiger partial charge < -0.3 is 5.73 Å². The second kappa shape index (κ2) is 5.25. The van der Waals surface area contributed by atoms with Crippen molar-refractivity contribution in [2.75, 3.05) is 0 Å². The minimum atomic E-state index is 0.241. The molecule has 0 unspecified atom stereocenters. The summed E-state index contributed by atoms with van der Waals surface area (Å²) in [6.07, 6.45) is 3.07. The number of halogens is 1. The van der Waals surface area contributed by atoms with Crippen LogP contribution in [0.5, 0.6) is 0 Å². The Morgan fingerprint density at radius 1 is 1.38 bits per heavy atom. The first-order valence-corrected chi connectivity index (χ1v) is 5.10. The zero-order chi connectivity index (χ0) is 9.68.